The second-order valence-electron chi connectivity index (χ2n) is 7.00. The molecule has 0 aliphatic carbocycles. The van der Waals surface area contributed by atoms with Crippen molar-refractivity contribution in [3.63, 3.8) is 0 Å². The Hall–Kier alpha value is -1.92. The standard InChI is InChI=1S/C20H27N3O2S/c1-12-11-16(9-10-21-12)19(24)22-13(2)18-14(3)23-20(26-18)15-5-7-17(25-4)8-6-15/h5-8,12-13,16,21H,9-11H2,1-4H3,(H,22,24)/t12-,13?,16-/m0/s1. The van der Waals surface area contributed by atoms with Crippen molar-refractivity contribution in [1.29, 1.82) is 0 Å². The van der Waals surface area contributed by atoms with Gasteiger partial charge < -0.3 is 15.4 Å². The molecule has 1 saturated heterocycles. The Morgan fingerprint density at radius 3 is 2.77 bits per heavy atom. The van der Waals surface area contributed by atoms with E-state index in [9.17, 15) is 4.79 Å². The Balaban J connectivity index is 1.70. The molecule has 3 rings (SSSR count). The zero-order valence-corrected chi connectivity index (χ0v) is 16.7. The molecule has 1 fully saturated rings. The van der Waals surface area contributed by atoms with E-state index in [0.717, 1.165) is 46.3 Å². The van der Waals surface area contributed by atoms with Gasteiger partial charge in [0.15, 0.2) is 0 Å². The van der Waals surface area contributed by atoms with Gasteiger partial charge in [0.2, 0.25) is 5.91 Å². The van der Waals surface area contributed by atoms with Crippen LogP contribution < -0.4 is 15.4 Å². The van der Waals surface area contributed by atoms with E-state index in [4.69, 9.17) is 9.72 Å². The highest BCUT2D eigenvalue weighted by Gasteiger charge is 2.26. The SMILES string of the molecule is COc1ccc(-c2nc(C)c(C(C)NC(=O)[C@H]3CCN[C@@H](C)C3)s2)cc1. The first-order valence-corrected chi connectivity index (χ1v) is 9.95. The first kappa shape index (κ1) is 18.9. The Morgan fingerprint density at radius 1 is 1.38 bits per heavy atom. The van der Waals surface area contributed by atoms with Crippen LogP contribution in [0.4, 0.5) is 0 Å². The number of nitrogens with one attached hydrogen (secondary N) is 2. The number of ether oxygens (including phenoxy) is 1. The monoisotopic (exact) mass is 373 g/mol. The summed E-state index contributed by atoms with van der Waals surface area (Å²) in [5, 5.41) is 7.56. The molecule has 1 aromatic heterocycles. The van der Waals surface area contributed by atoms with Crippen LogP contribution in [0.15, 0.2) is 24.3 Å². The van der Waals surface area contributed by atoms with E-state index >= 15 is 0 Å². The van der Waals surface area contributed by atoms with E-state index in [1.165, 1.54) is 0 Å². The molecule has 0 spiro atoms. The second kappa shape index (κ2) is 8.18. The molecule has 26 heavy (non-hydrogen) atoms. The van der Waals surface area contributed by atoms with Crippen molar-refractivity contribution in [2.24, 2.45) is 5.92 Å². The minimum atomic E-state index is -0.0304. The average Bonchev–Trinajstić information content (AvgIpc) is 3.03. The molecule has 1 amide bonds. The van der Waals surface area contributed by atoms with Gasteiger partial charge in [-0.1, -0.05) is 0 Å². The van der Waals surface area contributed by atoms with Gasteiger partial charge in [0.05, 0.1) is 23.7 Å². The fraction of sp³-hybridized carbons (Fsp3) is 0.500. The highest BCUT2D eigenvalue weighted by atomic mass is 32.1. The summed E-state index contributed by atoms with van der Waals surface area (Å²) in [6.45, 7) is 7.10. The maximum atomic E-state index is 12.6. The number of thiazole rings is 1. The second-order valence-corrected chi connectivity index (χ2v) is 8.03. The summed E-state index contributed by atoms with van der Waals surface area (Å²) in [6, 6.07) is 8.28. The summed E-state index contributed by atoms with van der Waals surface area (Å²) >= 11 is 1.64. The van der Waals surface area contributed by atoms with E-state index in [0.29, 0.717) is 6.04 Å². The lowest BCUT2D eigenvalue weighted by atomic mass is 9.92. The van der Waals surface area contributed by atoms with Crippen LogP contribution in [-0.4, -0.2) is 30.6 Å². The third kappa shape index (κ3) is 4.24. The molecule has 0 radical (unpaired) electrons. The van der Waals surface area contributed by atoms with Crippen molar-refractivity contribution in [3.8, 4) is 16.3 Å². The first-order valence-electron chi connectivity index (χ1n) is 9.13. The highest BCUT2D eigenvalue weighted by Crippen LogP contribution is 2.33. The number of carbonyl (C=O) groups is 1. The number of carbonyl (C=O) groups excluding carboxylic acids is 1. The molecule has 1 aliphatic heterocycles. The number of benzene rings is 1. The summed E-state index contributed by atoms with van der Waals surface area (Å²) in [5.74, 6) is 1.09. The molecule has 0 bridgehead atoms. The minimum absolute atomic E-state index is 0.0304. The molecule has 2 N–H and O–H groups in total. The molecule has 1 aromatic carbocycles. The van der Waals surface area contributed by atoms with Gasteiger partial charge in [-0.05, 0) is 64.4 Å². The normalized spacial score (nSPS) is 21.2. The van der Waals surface area contributed by atoms with Gasteiger partial charge in [0.1, 0.15) is 10.8 Å². The van der Waals surface area contributed by atoms with Crippen LogP contribution in [0, 0.1) is 12.8 Å². The Labute approximate surface area is 159 Å². The van der Waals surface area contributed by atoms with Gasteiger partial charge in [0, 0.05) is 17.5 Å². The molecule has 1 aliphatic rings. The lowest BCUT2D eigenvalue weighted by molar-refractivity contribution is -0.126. The van der Waals surface area contributed by atoms with Crippen LogP contribution in [-0.2, 0) is 4.79 Å². The first-order chi connectivity index (χ1) is 12.5. The van der Waals surface area contributed by atoms with Crippen LogP contribution in [0.3, 0.4) is 0 Å². The number of hydrogen-bond donors (Lipinski definition) is 2. The van der Waals surface area contributed by atoms with Gasteiger partial charge in [-0.3, -0.25) is 4.79 Å². The number of aryl methyl sites for hydroxylation is 1. The zero-order chi connectivity index (χ0) is 18.7. The lowest BCUT2D eigenvalue weighted by Gasteiger charge is -2.28. The molecular weight excluding hydrogens is 346 g/mol. The molecule has 6 heteroatoms. The van der Waals surface area contributed by atoms with Crippen molar-refractivity contribution in [3.05, 3.63) is 34.8 Å². The van der Waals surface area contributed by atoms with Crippen LogP contribution in [0.5, 0.6) is 5.75 Å². The largest absolute Gasteiger partial charge is 0.497 e. The summed E-state index contributed by atoms with van der Waals surface area (Å²) < 4.78 is 5.21. The van der Waals surface area contributed by atoms with Crippen LogP contribution in [0.25, 0.3) is 10.6 Å². The predicted molar refractivity (Wildman–Crippen MR) is 106 cm³/mol. The van der Waals surface area contributed by atoms with Crippen molar-refractivity contribution in [1.82, 2.24) is 15.6 Å². The van der Waals surface area contributed by atoms with E-state index in [-0.39, 0.29) is 17.9 Å². The summed E-state index contributed by atoms with van der Waals surface area (Å²) in [5.41, 5.74) is 2.04. The summed E-state index contributed by atoms with van der Waals surface area (Å²) in [4.78, 5) is 18.4. The Kier molecular flexibility index (Phi) is 5.94. The van der Waals surface area contributed by atoms with Gasteiger partial charge >= 0.3 is 0 Å². The molecule has 2 aromatic rings. The molecule has 1 unspecified atom stereocenters. The number of amides is 1. The quantitative estimate of drug-likeness (QED) is 0.839. The van der Waals surface area contributed by atoms with Crippen LogP contribution in [0.1, 0.15) is 43.3 Å². The highest BCUT2D eigenvalue weighted by molar-refractivity contribution is 7.15. The topological polar surface area (TPSA) is 63.2 Å². The molecule has 140 valence electrons. The maximum absolute atomic E-state index is 12.6. The van der Waals surface area contributed by atoms with E-state index in [1.807, 2.05) is 38.1 Å². The maximum Gasteiger partial charge on any atom is 0.223 e. The third-order valence-corrected chi connectivity index (χ3v) is 6.31. The van der Waals surface area contributed by atoms with Gasteiger partial charge in [0.25, 0.3) is 0 Å². The molecule has 2 heterocycles. The number of piperidine rings is 1. The lowest BCUT2D eigenvalue weighted by Crippen LogP contribution is -2.42. The van der Waals surface area contributed by atoms with Crippen molar-refractivity contribution in [2.45, 2.75) is 45.7 Å². The minimum Gasteiger partial charge on any atom is -0.497 e. The number of aromatic nitrogens is 1. The van der Waals surface area contributed by atoms with Crippen molar-refractivity contribution < 1.29 is 9.53 Å². The third-order valence-electron chi connectivity index (χ3n) is 4.92. The van der Waals surface area contributed by atoms with Gasteiger partial charge in [-0.15, -0.1) is 11.3 Å². The smallest absolute Gasteiger partial charge is 0.223 e. The van der Waals surface area contributed by atoms with E-state index < -0.39 is 0 Å². The summed E-state index contributed by atoms with van der Waals surface area (Å²) in [6.07, 6.45) is 1.80. The van der Waals surface area contributed by atoms with E-state index in [2.05, 4.69) is 17.6 Å². The fourth-order valence-electron chi connectivity index (χ4n) is 3.43. The Morgan fingerprint density at radius 2 is 2.12 bits per heavy atom. The number of rotatable bonds is 5. The molecule has 0 saturated carbocycles. The number of nitrogens with zero attached hydrogens (tertiary/aromatic N) is 1. The van der Waals surface area contributed by atoms with Crippen LogP contribution >= 0.6 is 11.3 Å². The summed E-state index contributed by atoms with van der Waals surface area (Å²) in [7, 11) is 1.66. The van der Waals surface area contributed by atoms with Crippen LogP contribution in [0.2, 0.25) is 0 Å². The number of methoxy groups -OCH3 is 1. The predicted octanol–water partition coefficient (Wildman–Crippen LogP) is 3.69. The molecular formula is C20H27N3O2S. The van der Waals surface area contributed by atoms with Gasteiger partial charge in [-0.25, -0.2) is 4.98 Å². The van der Waals surface area contributed by atoms with Crippen molar-refractivity contribution in [2.75, 3.05) is 13.7 Å². The van der Waals surface area contributed by atoms with Crippen molar-refractivity contribution >= 4 is 17.2 Å². The fourth-order valence-corrected chi connectivity index (χ4v) is 4.51. The molecule has 5 nitrogen and oxygen atoms in total. The number of hydrogen-bond acceptors (Lipinski definition) is 5. The average molecular weight is 374 g/mol. The van der Waals surface area contributed by atoms with E-state index in [1.54, 1.807) is 18.4 Å². The van der Waals surface area contributed by atoms with Gasteiger partial charge in [-0.2, -0.15) is 0 Å². The Bertz CT molecular complexity index is 757. The zero-order valence-electron chi connectivity index (χ0n) is 15.8. The molecule has 3 atom stereocenters.